The zero-order valence-corrected chi connectivity index (χ0v) is 13.6. The van der Waals surface area contributed by atoms with Gasteiger partial charge in [0.25, 0.3) is 0 Å². The van der Waals surface area contributed by atoms with Gasteiger partial charge in [-0.2, -0.15) is 0 Å². The lowest BCUT2D eigenvalue weighted by atomic mass is 10.0. The minimum Gasteiger partial charge on any atom is -0.492 e. The van der Waals surface area contributed by atoms with Crippen LogP contribution in [0.2, 0.25) is 0 Å². The highest BCUT2D eigenvalue weighted by molar-refractivity contribution is 5.34. The van der Waals surface area contributed by atoms with Gasteiger partial charge in [-0.05, 0) is 49.2 Å². The normalized spacial score (nSPS) is 10.4. The molecule has 22 heavy (non-hydrogen) atoms. The van der Waals surface area contributed by atoms with Crippen molar-refractivity contribution in [2.75, 3.05) is 6.61 Å². The third-order valence-corrected chi connectivity index (χ3v) is 3.35. The van der Waals surface area contributed by atoms with Crippen molar-refractivity contribution >= 4 is 0 Å². The van der Waals surface area contributed by atoms with Crippen LogP contribution in [0, 0.1) is 48.9 Å². The molecule has 1 aromatic carbocycles. The molecule has 0 aliphatic rings. The smallest absolute Gasteiger partial charge is 0.119 e. The molecule has 1 unspecified atom stereocenters. The molecule has 1 heteroatoms. The summed E-state index contributed by atoms with van der Waals surface area (Å²) in [4.78, 5) is 0. The lowest BCUT2D eigenvalue weighted by molar-refractivity contribution is 0.270. The van der Waals surface area contributed by atoms with Crippen LogP contribution >= 0.6 is 0 Å². The minimum atomic E-state index is 0.199. The van der Waals surface area contributed by atoms with E-state index < -0.39 is 0 Å². The Labute approximate surface area is 135 Å². The first-order valence-corrected chi connectivity index (χ1v) is 7.92. The maximum atomic E-state index is 5.85. The molecule has 1 atom stereocenters. The molecule has 0 radical (unpaired) electrons. The lowest BCUT2D eigenvalue weighted by Crippen LogP contribution is -2.10. The highest BCUT2D eigenvalue weighted by atomic mass is 16.5. The van der Waals surface area contributed by atoms with Gasteiger partial charge in [0.1, 0.15) is 12.4 Å². The van der Waals surface area contributed by atoms with E-state index in [9.17, 15) is 0 Å². The van der Waals surface area contributed by atoms with Crippen molar-refractivity contribution in [3.63, 3.8) is 0 Å². The van der Waals surface area contributed by atoms with Crippen LogP contribution in [-0.4, -0.2) is 6.61 Å². The molecule has 1 rings (SSSR count). The average Bonchev–Trinajstić information content (AvgIpc) is 2.54. The average molecular weight is 292 g/mol. The van der Waals surface area contributed by atoms with Gasteiger partial charge in [-0.15, -0.1) is 6.42 Å². The molecule has 0 N–H and O–H groups in total. The van der Waals surface area contributed by atoms with Crippen LogP contribution in [0.3, 0.4) is 0 Å². The third-order valence-electron chi connectivity index (χ3n) is 3.35. The number of ether oxygens (including phenoxy) is 1. The van der Waals surface area contributed by atoms with Gasteiger partial charge in [0.2, 0.25) is 0 Å². The van der Waals surface area contributed by atoms with Crippen molar-refractivity contribution in [1.82, 2.24) is 0 Å². The lowest BCUT2D eigenvalue weighted by Gasteiger charge is -2.12. The summed E-state index contributed by atoms with van der Waals surface area (Å²) >= 11 is 0. The SMILES string of the molecule is C#CC#CC#CC(CCCCCC)COc1ccc(C)cc1. The third kappa shape index (κ3) is 8.09. The minimum absolute atomic E-state index is 0.199. The molecule has 1 aromatic rings. The van der Waals surface area contributed by atoms with Crippen molar-refractivity contribution in [2.45, 2.75) is 46.0 Å². The molecule has 0 spiro atoms. The Morgan fingerprint density at radius 2 is 1.82 bits per heavy atom. The summed E-state index contributed by atoms with van der Waals surface area (Å²) in [6.45, 7) is 4.88. The van der Waals surface area contributed by atoms with Gasteiger partial charge in [0.15, 0.2) is 0 Å². The molecule has 0 aromatic heterocycles. The number of terminal acetylenes is 1. The van der Waals surface area contributed by atoms with E-state index in [-0.39, 0.29) is 5.92 Å². The Morgan fingerprint density at radius 1 is 1.05 bits per heavy atom. The highest BCUT2D eigenvalue weighted by Crippen LogP contribution is 2.15. The van der Waals surface area contributed by atoms with Gasteiger partial charge in [-0.25, -0.2) is 0 Å². The summed E-state index contributed by atoms with van der Waals surface area (Å²) in [5, 5.41) is 0. The van der Waals surface area contributed by atoms with Crippen molar-refractivity contribution in [2.24, 2.45) is 5.92 Å². The second kappa shape index (κ2) is 11.4. The molecule has 0 saturated carbocycles. The maximum absolute atomic E-state index is 5.85. The molecular weight excluding hydrogens is 268 g/mol. The first-order chi connectivity index (χ1) is 10.8. The van der Waals surface area contributed by atoms with Gasteiger partial charge in [0, 0.05) is 0 Å². The second-order valence-electron chi connectivity index (χ2n) is 5.33. The fraction of sp³-hybridized carbons (Fsp3) is 0.429. The van der Waals surface area contributed by atoms with Gasteiger partial charge in [-0.1, -0.05) is 56.2 Å². The number of hydrogen-bond donors (Lipinski definition) is 0. The topological polar surface area (TPSA) is 9.23 Å². The monoisotopic (exact) mass is 292 g/mol. The fourth-order valence-electron chi connectivity index (χ4n) is 2.05. The largest absolute Gasteiger partial charge is 0.492 e. The number of aryl methyl sites for hydroxylation is 1. The van der Waals surface area contributed by atoms with Gasteiger partial charge in [-0.3, -0.25) is 0 Å². The van der Waals surface area contributed by atoms with Gasteiger partial charge >= 0.3 is 0 Å². The van der Waals surface area contributed by atoms with E-state index in [0.717, 1.165) is 12.2 Å². The van der Waals surface area contributed by atoms with E-state index in [0.29, 0.717) is 6.61 Å². The van der Waals surface area contributed by atoms with E-state index in [1.807, 2.05) is 12.1 Å². The first-order valence-electron chi connectivity index (χ1n) is 7.92. The summed E-state index contributed by atoms with van der Waals surface area (Å²) in [5.41, 5.74) is 1.23. The molecule has 0 amide bonds. The molecule has 0 saturated heterocycles. The Kier molecular flexibility index (Phi) is 9.17. The Morgan fingerprint density at radius 3 is 2.50 bits per heavy atom. The van der Waals surface area contributed by atoms with E-state index in [4.69, 9.17) is 11.2 Å². The quantitative estimate of drug-likeness (QED) is 0.502. The highest BCUT2D eigenvalue weighted by Gasteiger charge is 2.06. The fourth-order valence-corrected chi connectivity index (χ4v) is 2.05. The molecule has 0 heterocycles. The van der Waals surface area contributed by atoms with Crippen LogP contribution in [-0.2, 0) is 0 Å². The number of benzene rings is 1. The van der Waals surface area contributed by atoms with E-state index in [2.05, 4.69) is 55.6 Å². The van der Waals surface area contributed by atoms with Crippen molar-refractivity contribution in [1.29, 1.82) is 0 Å². The summed E-state index contributed by atoms with van der Waals surface area (Å²) in [6.07, 6.45) is 11.1. The molecule has 114 valence electrons. The van der Waals surface area contributed by atoms with Crippen molar-refractivity contribution < 1.29 is 4.74 Å². The first kappa shape index (κ1) is 17.8. The van der Waals surface area contributed by atoms with Gasteiger partial charge < -0.3 is 4.74 Å². The summed E-state index contributed by atoms with van der Waals surface area (Å²) in [7, 11) is 0. The summed E-state index contributed by atoms with van der Waals surface area (Å²) in [5.74, 6) is 14.6. The molecular formula is C21H24O. The van der Waals surface area contributed by atoms with Crippen molar-refractivity contribution in [3.8, 4) is 41.8 Å². The zero-order valence-electron chi connectivity index (χ0n) is 13.6. The molecule has 0 aliphatic heterocycles. The van der Waals surface area contributed by atoms with E-state index in [1.165, 1.54) is 31.2 Å². The number of rotatable bonds is 8. The Hall–Kier alpha value is -2.30. The predicted molar refractivity (Wildman–Crippen MR) is 93.3 cm³/mol. The maximum Gasteiger partial charge on any atom is 0.119 e. The Bertz CT molecular complexity index is 581. The zero-order chi connectivity index (χ0) is 16.0. The van der Waals surface area contributed by atoms with Crippen LogP contribution < -0.4 is 4.74 Å². The van der Waals surface area contributed by atoms with Gasteiger partial charge in [0.05, 0.1) is 5.92 Å². The molecule has 0 bridgehead atoms. The van der Waals surface area contributed by atoms with E-state index >= 15 is 0 Å². The molecule has 0 fully saturated rings. The van der Waals surface area contributed by atoms with Crippen LogP contribution in [0.4, 0.5) is 0 Å². The van der Waals surface area contributed by atoms with Crippen molar-refractivity contribution in [3.05, 3.63) is 29.8 Å². The van der Waals surface area contributed by atoms with Crippen LogP contribution in [0.15, 0.2) is 24.3 Å². The summed E-state index contributed by atoms with van der Waals surface area (Å²) in [6, 6.07) is 8.09. The number of unbranched alkanes of at least 4 members (excludes halogenated alkanes) is 3. The second-order valence-corrected chi connectivity index (χ2v) is 5.33. The van der Waals surface area contributed by atoms with Crippen LogP contribution in [0.25, 0.3) is 0 Å². The van der Waals surface area contributed by atoms with Crippen LogP contribution in [0.5, 0.6) is 5.75 Å². The predicted octanol–water partition coefficient (Wildman–Crippen LogP) is 4.60. The molecule has 1 nitrogen and oxygen atoms in total. The standard InChI is InChI=1S/C21H24O/c1-4-6-8-10-12-20(13-11-9-7-5-2)18-22-21-16-14-19(3)15-17-21/h1,14-17,20H,5,7,9,11,13,18H2,2-3H3. The Balaban J connectivity index is 2.53. The van der Waals surface area contributed by atoms with E-state index in [1.54, 1.807) is 0 Å². The van der Waals surface area contributed by atoms with Crippen LogP contribution in [0.1, 0.15) is 44.6 Å². The molecule has 0 aliphatic carbocycles. The summed E-state index contributed by atoms with van der Waals surface area (Å²) < 4.78 is 5.85. The number of hydrogen-bond acceptors (Lipinski definition) is 1.